The Kier molecular flexibility index (Phi) is 4.19. The van der Waals surface area contributed by atoms with E-state index in [9.17, 15) is 17.2 Å². The molecular weight excluding hydrogens is 300 g/mol. The van der Waals surface area contributed by atoms with Crippen LogP contribution in [0.15, 0.2) is 35.4 Å². The van der Waals surface area contributed by atoms with Gasteiger partial charge in [0.15, 0.2) is 11.6 Å². The predicted molar refractivity (Wildman–Crippen MR) is 73.8 cm³/mol. The van der Waals surface area contributed by atoms with Crippen LogP contribution in [0, 0.1) is 18.6 Å². The Labute approximate surface area is 120 Å². The Balaban J connectivity index is 2.25. The first-order valence-electron chi connectivity index (χ1n) is 5.95. The fraction of sp³-hybridized carbons (Fsp3) is 0.154. The van der Waals surface area contributed by atoms with Crippen LogP contribution in [0.1, 0.15) is 11.3 Å². The molecule has 0 radical (unpaired) electrons. The Morgan fingerprint density at radius 3 is 2.62 bits per heavy atom. The molecule has 0 aliphatic heterocycles. The summed E-state index contributed by atoms with van der Waals surface area (Å²) in [6.07, 6.45) is 1.49. The van der Waals surface area contributed by atoms with Crippen LogP contribution in [-0.4, -0.2) is 13.4 Å². The number of sulfonamides is 1. The molecular formula is C13H13F2N3O2S. The quantitative estimate of drug-likeness (QED) is 0.842. The third-order valence-electron chi connectivity index (χ3n) is 2.75. The Bertz CT molecular complexity index is 762. The van der Waals surface area contributed by atoms with E-state index >= 15 is 0 Å². The van der Waals surface area contributed by atoms with Crippen molar-refractivity contribution < 1.29 is 17.2 Å². The van der Waals surface area contributed by atoms with Crippen molar-refractivity contribution in [2.24, 2.45) is 0 Å². The molecule has 0 amide bonds. The fourth-order valence-corrected chi connectivity index (χ4v) is 2.78. The second-order valence-corrected chi connectivity index (χ2v) is 6.18. The van der Waals surface area contributed by atoms with Crippen molar-refractivity contribution in [3.8, 4) is 0 Å². The van der Waals surface area contributed by atoms with Gasteiger partial charge in [0.1, 0.15) is 4.90 Å². The van der Waals surface area contributed by atoms with Crippen molar-refractivity contribution in [3.63, 3.8) is 0 Å². The van der Waals surface area contributed by atoms with Crippen LogP contribution >= 0.6 is 0 Å². The van der Waals surface area contributed by atoms with Crippen LogP contribution in [0.5, 0.6) is 0 Å². The molecule has 0 aliphatic carbocycles. The minimum atomic E-state index is -4.22. The highest BCUT2D eigenvalue weighted by Crippen LogP contribution is 2.21. The maximum atomic E-state index is 13.6. The third kappa shape index (κ3) is 3.53. The molecule has 21 heavy (non-hydrogen) atoms. The first kappa shape index (κ1) is 15.3. The first-order chi connectivity index (χ1) is 9.79. The van der Waals surface area contributed by atoms with Gasteiger partial charge in [-0.3, -0.25) is 4.98 Å². The molecule has 2 rings (SSSR count). The number of aromatic nitrogens is 1. The van der Waals surface area contributed by atoms with Crippen molar-refractivity contribution >= 4 is 15.7 Å². The number of nitrogens with zero attached hydrogens (tertiary/aromatic N) is 1. The van der Waals surface area contributed by atoms with E-state index < -0.39 is 26.6 Å². The maximum Gasteiger partial charge on any atom is 0.243 e. The number of nitrogens with two attached hydrogens (primary N) is 1. The van der Waals surface area contributed by atoms with Crippen LogP contribution in [0.25, 0.3) is 0 Å². The monoisotopic (exact) mass is 313 g/mol. The van der Waals surface area contributed by atoms with Gasteiger partial charge in [-0.25, -0.2) is 21.9 Å². The van der Waals surface area contributed by atoms with Crippen molar-refractivity contribution in [2.75, 3.05) is 5.73 Å². The highest BCUT2D eigenvalue weighted by Gasteiger charge is 2.22. The van der Waals surface area contributed by atoms with Gasteiger partial charge in [0.2, 0.25) is 10.0 Å². The van der Waals surface area contributed by atoms with E-state index in [4.69, 9.17) is 5.73 Å². The predicted octanol–water partition coefficient (Wildman–Crippen LogP) is 1.73. The van der Waals surface area contributed by atoms with Crippen molar-refractivity contribution in [1.29, 1.82) is 0 Å². The number of aryl methyl sites for hydroxylation is 1. The number of anilines is 1. The zero-order chi connectivity index (χ0) is 15.6. The molecule has 0 fully saturated rings. The molecule has 1 heterocycles. The molecule has 8 heteroatoms. The summed E-state index contributed by atoms with van der Waals surface area (Å²) in [6, 6.07) is 4.98. The van der Waals surface area contributed by atoms with Crippen molar-refractivity contribution in [3.05, 3.63) is 53.4 Å². The van der Waals surface area contributed by atoms with E-state index in [-0.39, 0.29) is 12.2 Å². The van der Waals surface area contributed by atoms with Crippen LogP contribution in [-0.2, 0) is 16.6 Å². The zero-order valence-electron chi connectivity index (χ0n) is 11.1. The SMILES string of the molecule is Cc1ccc(CNS(=O)(=O)c2cc(N)cc(F)c2F)cn1. The second kappa shape index (κ2) is 5.74. The highest BCUT2D eigenvalue weighted by molar-refractivity contribution is 7.89. The number of hydrogen-bond acceptors (Lipinski definition) is 4. The number of nitrogen functional groups attached to an aromatic ring is 1. The smallest absolute Gasteiger partial charge is 0.243 e. The van der Waals surface area contributed by atoms with Crippen LogP contribution in [0.4, 0.5) is 14.5 Å². The summed E-state index contributed by atoms with van der Waals surface area (Å²) in [5.74, 6) is -2.77. The van der Waals surface area contributed by atoms with E-state index in [0.717, 1.165) is 17.8 Å². The number of benzene rings is 1. The maximum absolute atomic E-state index is 13.6. The van der Waals surface area contributed by atoms with E-state index in [0.29, 0.717) is 5.56 Å². The number of rotatable bonds is 4. The zero-order valence-corrected chi connectivity index (χ0v) is 11.9. The molecule has 0 spiro atoms. The van der Waals surface area contributed by atoms with Crippen LogP contribution in [0.3, 0.4) is 0 Å². The molecule has 0 bridgehead atoms. The summed E-state index contributed by atoms with van der Waals surface area (Å²) in [5, 5.41) is 0. The molecule has 0 aliphatic rings. The van der Waals surface area contributed by atoms with Gasteiger partial charge in [0, 0.05) is 24.1 Å². The molecule has 0 saturated heterocycles. The molecule has 1 aromatic heterocycles. The van der Waals surface area contributed by atoms with Gasteiger partial charge in [0.05, 0.1) is 0 Å². The first-order valence-corrected chi connectivity index (χ1v) is 7.43. The summed E-state index contributed by atoms with van der Waals surface area (Å²) in [4.78, 5) is 3.19. The van der Waals surface area contributed by atoms with Gasteiger partial charge >= 0.3 is 0 Å². The summed E-state index contributed by atoms with van der Waals surface area (Å²) < 4.78 is 53.0. The Morgan fingerprint density at radius 1 is 1.29 bits per heavy atom. The third-order valence-corrected chi connectivity index (χ3v) is 4.15. The van der Waals surface area contributed by atoms with Crippen molar-refractivity contribution in [1.82, 2.24) is 9.71 Å². The lowest BCUT2D eigenvalue weighted by Crippen LogP contribution is -2.24. The average Bonchev–Trinajstić information content (AvgIpc) is 2.42. The highest BCUT2D eigenvalue weighted by atomic mass is 32.2. The lowest BCUT2D eigenvalue weighted by Gasteiger charge is -2.09. The molecule has 112 valence electrons. The normalized spacial score (nSPS) is 11.6. The van der Waals surface area contributed by atoms with Gasteiger partial charge in [-0.2, -0.15) is 0 Å². The Hall–Kier alpha value is -2.06. The minimum Gasteiger partial charge on any atom is -0.399 e. The second-order valence-electron chi connectivity index (χ2n) is 4.45. The Morgan fingerprint density at radius 2 is 2.00 bits per heavy atom. The lowest BCUT2D eigenvalue weighted by atomic mass is 10.2. The summed E-state index contributed by atoms with van der Waals surface area (Å²) >= 11 is 0. The summed E-state index contributed by atoms with van der Waals surface area (Å²) in [5.41, 5.74) is 6.54. The lowest BCUT2D eigenvalue weighted by molar-refractivity contribution is 0.484. The van der Waals surface area contributed by atoms with E-state index in [1.165, 1.54) is 6.20 Å². The largest absolute Gasteiger partial charge is 0.399 e. The van der Waals surface area contributed by atoms with E-state index in [1.54, 1.807) is 19.1 Å². The van der Waals surface area contributed by atoms with Crippen molar-refractivity contribution in [2.45, 2.75) is 18.4 Å². The fourth-order valence-electron chi connectivity index (χ4n) is 1.64. The number of halogens is 2. The molecule has 1 aromatic carbocycles. The number of pyridine rings is 1. The molecule has 2 aromatic rings. The van der Waals surface area contributed by atoms with Gasteiger partial charge in [-0.05, 0) is 30.7 Å². The molecule has 0 saturated carbocycles. The van der Waals surface area contributed by atoms with Gasteiger partial charge in [-0.15, -0.1) is 0 Å². The van der Waals surface area contributed by atoms with Gasteiger partial charge in [-0.1, -0.05) is 6.07 Å². The van der Waals surface area contributed by atoms with Crippen LogP contribution in [0.2, 0.25) is 0 Å². The van der Waals surface area contributed by atoms with E-state index in [1.807, 2.05) is 0 Å². The molecule has 0 atom stereocenters. The van der Waals surface area contributed by atoms with Gasteiger partial charge in [0.25, 0.3) is 0 Å². The standard InChI is InChI=1S/C13H13F2N3O2S/c1-8-2-3-9(6-17-8)7-18-21(19,20)12-5-10(16)4-11(14)13(12)15/h2-6,18H,7,16H2,1H3. The average molecular weight is 313 g/mol. The van der Waals surface area contributed by atoms with Crippen LogP contribution < -0.4 is 10.5 Å². The minimum absolute atomic E-state index is 0.0918. The summed E-state index contributed by atoms with van der Waals surface area (Å²) in [7, 11) is -4.22. The summed E-state index contributed by atoms with van der Waals surface area (Å²) in [6.45, 7) is 1.70. The molecule has 0 unspecified atom stereocenters. The number of nitrogens with one attached hydrogen (secondary N) is 1. The topological polar surface area (TPSA) is 85.1 Å². The van der Waals surface area contributed by atoms with Gasteiger partial charge < -0.3 is 5.73 Å². The number of hydrogen-bond donors (Lipinski definition) is 2. The molecule has 3 N–H and O–H groups in total. The van der Waals surface area contributed by atoms with E-state index in [2.05, 4.69) is 9.71 Å². The molecule has 5 nitrogen and oxygen atoms in total.